The molecule has 5 heteroatoms. The SMILES string of the molecule is CCNC(=O)[C@@H]1CCCN1C1(C(=O)NC)CCC1. The first kappa shape index (κ1) is 13.3. The lowest BCUT2D eigenvalue weighted by molar-refractivity contribution is -0.144. The average Bonchev–Trinajstić information content (AvgIpc) is 2.77. The lowest BCUT2D eigenvalue weighted by Gasteiger charge is -2.48. The summed E-state index contributed by atoms with van der Waals surface area (Å²) in [7, 11) is 1.68. The molecule has 0 aromatic carbocycles. The number of amides is 2. The Kier molecular flexibility index (Phi) is 3.90. The third-order valence-corrected chi connectivity index (χ3v) is 4.29. The topological polar surface area (TPSA) is 61.4 Å². The summed E-state index contributed by atoms with van der Waals surface area (Å²) in [4.78, 5) is 26.4. The number of nitrogens with one attached hydrogen (secondary N) is 2. The highest BCUT2D eigenvalue weighted by atomic mass is 16.2. The van der Waals surface area contributed by atoms with Gasteiger partial charge in [0.05, 0.1) is 6.04 Å². The zero-order valence-corrected chi connectivity index (χ0v) is 11.3. The Balaban J connectivity index is 2.15. The van der Waals surface area contributed by atoms with Gasteiger partial charge in [-0.1, -0.05) is 0 Å². The number of carbonyl (C=O) groups is 2. The first-order valence-corrected chi connectivity index (χ1v) is 6.92. The monoisotopic (exact) mass is 253 g/mol. The Bertz CT molecular complexity index is 339. The fourth-order valence-corrected chi connectivity index (χ4v) is 3.23. The molecule has 0 unspecified atom stereocenters. The Morgan fingerprint density at radius 1 is 1.33 bits per heavy atom. The summed E-state index contributed by atoms with van der Waals surface area (Å²) in [6.45, 7) is 3.43. The van der Waals surface area contributed by atoms with Crippen LogP contribution in [-0.4, -0.2) is 48.4 Å². The number of rotatable bonds is 4. The van der Waals surface area contributed by atoms with Crippen LogP contribution in [0.25, 0.3) is 0 Å². The van der Waals surface area contributed by atoms with E-state index in [4.69, 9.17) is 0 Å². The van der Waals surface area contributed by atoms with Crippen molar-refractivity contribution in [1.82, 2.24) is 15.5 Å². The molecular formula is C13H23N3O2. The highest BCUT2D eigenvalue weighted by Gasteiger charge is 2.53. The zero-order valence-electron chi connectivity index (χ0n) is 11.3. The van der Waals surface area contributed by atoms with Gasteiger partial charge in [0.1, 0.15) is 5.54 Å². The number of likely N-dealkylation sites (tertiary alicyclic amines) is 1. The smallest absolute Gasteiger partial charge is 0.240 e. The Morgan fingerprint density at radius 3 is 2.56 bits per heavy atom. The predicted octanol–water partition coefficient (Wildman–Crippen LogP) is 0.256. The molecule has 1 atom stereocenters. The van der Waals surface area contributed by atoms with Crippen LogP contribution in [0.2, 0.25) is 0 Å². The second-order valence-corrected chi connectivity index (χ2v) is 5.21. The van der Waals surface area contributed by atoms with Crippen molar-refractivity contribution >= 4 is 11.8 Å². The van der Waals surface area contributed by atoms with E-state index in [9.17, 15) is 9.59 Å². The molecule has 1 saturated carbocycles. The van der Waals surface area contributed by atoms with Crippen LogP contribution in [0.3, 0.4) is 0 Å². The summed E-state index contributed by atoms with van der Waals surface area (Å²) in [5, 5.41) is 5.65. The molecular weight excluding hydrogens is 230 g/mol. The molecule has 1 aliphatic heterocycles. The molecule has 2 fully saturated rings. The molecule has 0 spiro atoms. The molecule has 0 bridgehead atoms. The van der Waals surface area contributed by atoms with Crippen LogP contribution in [0, 0.1) is 0 Å². The van der Waals surface area contributed by atoms with Crippen molar-refractivity contribution in [3.63, 3.8) is 0 Å². The number of hydrogen-bond acceptors (Lipinski definition) is 3. The Morgan fingerprint density at radius 2 is 2.06 bits per heavy atom. The summed E-state index contributed by atoms with van der Waals surface area (Å²) in [6.07, 6.45) is 4.70. The van der Waals surface area contributed by atoms with Gasteiger partial charge in [-0.2, -0.15) is 0 Å². The maximum Gasteiger partial charge on any atom is 0.240 e. The molecule has 102 valence electrons. The van der Waals surface area contributed by atoms with Gasteiger partial charge in [0.25, 0.3) is 0 Å². The van der Waals surface area contributed by atoms with Gasteiger partial charge < -0.3 is 10.6 Å². The molecule has 2 rings (SSSR count). The molecule has 1 heterocycles. The van der Waals surface area contributed by atoms with Crippen LogP contribution in [0.5, 0.6) is 0 Å². The van der Waals surface area contributed by atoms with Crippen LogP contribution in [0.15, 0.2) is 0 Å². The molecule has 2 aliphatic rings. The first-order chi connectivity index (χ1) is 8.65. The standard InChI is InChI=1S/C13H23N3O2/c1-3-15-11(17)10-6-4-9-16(10)13(7-5-8-13)12(18)14-2/h10H,3-9H2,1-2H3,(H,14,18)(H,15,17)/t10-/m0/s1. The fraction of sp³-hybridized carbons (Fsp3) is 0.846. The van der Waals surface area contributed by atoms with Crippen molar-refractivity contribution in [2.45, 2.75) is 50.6 Å². The molecule has 5 nitrogen and oxygen atoms in total. The summed E-state index contributed by atoms with van der Waals surface area (Å²) in [5.41, 5.74) is -0.416. The van der Waals surface area contributed by atoms with Crippen molar-refractivity contribution in [3.05, 3.63) is 0 Å². The molecule has 0 radical (unpaired) electrons. The predicted molar refractivity (Wildman–Crippen MR) is 69.1 cm³/mol. The second kappa shape index (κ2) is 5.26. The number of hydrogen-bond donors (Lipinski definition) is 2. The van der Waals surface area contributed by atoms with Gasteiger partial charge in [0.15, 0.2) is 0 Å². The first-order valence-electron chi connectivity index (χ1n) is 6.92. The summed E-state index contributed by atoms with van der Waals surface area (Å²) in [5.74, 6) is 0.148. The van der Waals surface area contributed by atoms with Crippen molar-refractivity contribution in [2.75, 3.05) is 20.1 Å². The van der Waals surface area contributed by atoms with Crippen molar-refractivity contribution in [3.8, 4) is 0 Å². The van der Waals surface area contributed by atoms with Gasteiger partial charge in [-0.05, 0) is 39.0 Å². The van der Waals surface area contributed by atoms with E-state index in [1.165, 1.54) is 0 Å². The maximum atomic E-state index is 12.1. The Hall–Kier alpha value is -1.10. The Labute approximate surface area is 108 Å². The molecule has 1 saturated heterocycles. The van der Waals surface area contributed by atoms with Crippen molar-refractivity contribution < 1.29 is 9.59 Å². The van der Waals surface area contributed by atoms with Crippen LogP contribution in [0.4, 0.5) is 0 Å². The van der Waals surface area contributed by atoms with Gasteiger partial charge in [-0.15, -0.1) is 0 Å². The quantitative estimate of drug-likeness (QED) is 0.755. The summed E-state index contributed by atoms with van der Waals surface area (Å²) >= 11 is 0. The van der Waals surface area contributed by atoms with Gasteiger partial charge >= 0.3 is 0 Å². The van der Waals surface area contributed by atoms with E-state index < -0.39 is 5.54 Å². The van der Waals surface area contributed by atoms with Crippen LogP contribution >= 0.6 is 0 Å². The zero-order chi connectivity index (χ0) is 13.2. The van der Waals surface area contributed by atoms with Gasteiger partial charge in [-0.25, -0.2) is 0 Å². The van der Waals surface area contributed by atoms with E-state index >= 15 is 0 Å². The number of likely N-dealkylation sites (N-methyl/N-ethyl adjacent to an activating group) is 2. The van der Waals surface area contributed by atoms with E-state index in [1.807, 2.05) is 6.92 Å². The van der Waals surface area contributed by atoms with Gasteiger partial charge in [0, 0.05) is 20.1 Å². The normalized spacial score (nSPS) is 26.4. The van der Waals surface area contributed by atoms with Crippen LogP contribution < -0.4 is 10.6 Å². The fourth-order valence-electron chi connectivity index (χ4n) is 3.23. The van der Waals surface area contributed by atoms with E-state index in [-0.39, 0.29) is 17.9 Å². The highest BCUT2D eigenvalue weighted by molar-refractivity contribution is 5.89. The number of carbonyl (C=O) groups excluding carboxylic acids is 2. The summed E-state index contributed by atoms with van der Waals surface area (Å²) < 4.78 is 0. The van der Waals surface area contributed by atoms with Gasteiger partial charge in [0.2, 0.25) is 11.8 Å². The molecule has 2 N–H and O–H groups in total. The third kappa shape index (κ3) is 2.00. The third-order valence-electron chi connectivity index (χ3n) is 4.29. The lowest BCUT2D eigenvalue weighted by Crippen LogP contribution is -2.65. The van der Waals surface area contributed by atoms with E-state index in [1.54, 1.807) is 7.05 Å². The molecule has 18 heavy (non-hydrogen) atoms. The molecule has 2 amide bonds. The van der Waals surface area contributed by atoms with Crippen molar-refractivity contribution in [2.24, 2.45) is 0 Å². The maximum absolute atomic E-state index is 12.1. The van der Waals surface area contributed by atoms with Crippen LogP contribution in [-0.2, 0) is 9.59 Å². The van der Waals surface area contributed by atoms with Crippen LogP contribution in [0.1, 0.15) is 39.0 Å². The highest BCUT2D eigenvalue weighted by Crippen LogP contribution is 2.42. The largest absolute Gasteiger partial charge is 0.358 e. The van der Waals surface area contributed by atoms with Crippen molar-refractivity contribution in [1.29, 1.82) is 0 Å². The van der Waals surface area contributed by atoms with E-state index in [0.717, 1.165) is 38.6 Å². The summed E-state index contributed by atoms with van der Waals surface area (Å²) in [6, 6.07) is -0.123. The minimum absolute atomic E-state index is 0.0740. The van der Waals surface area contributed by atoms with E-state index in [0.29, 0.717) is 6.54 Å². The minimum atomic E-state index is -0.416. The number of nitrogens with zero attached hydrogens (tertiary/aromatic N) is 1. The molecule has 1 aliphatic carbocycles. The second-order valence-electron chi connectivity index (χ2n) is 5.21. The lowest BCUT2D eigenvalue weighted by atomic mass is 9.74. The minimum Gasteiger partial charge on any atom is -0.358 e. The van der Waals surface area contributed by atoms with Gasteiger partial charge in [-0.3, -0.25) is 14.5 Å². The molecule has 0 aromatic rings. The van der Waals surface area contributed by atoms with E-state index in [2.05, 4.69) is 15.5 Å². The average molecular weight is 253 g/mol. The molecule has 0 aromatic heterocycles.